The predicted octanol–water partition coefficient (Wildman–Crippen LogP) is 7.41. The van der Waals surface area contributed by atoms with Gasteiger partial charge in [0, 0.05) is 0 Å². The van der Waals surface area contributed by atoms with Crippen LogP contribution in [0.1, 0.15) is 65.6 Å². The van der Waals surface area contributed by atoms with E-state index in [9.17, 15) is 0 Å². The van der Waals surface area contributed by atoms with Gasteiger partial charge in [0.1, 0.15) is 0 Å². The first-order valence-corrected chi connectivity index (χ1v) is 19.5. The van der Waals surface area contributed by atoms with E-state index in [1.54, 1.807) is 33.4 Å². The first-order valence-electron chi connectivity index (χ1n) is 10.5. The van der Waals surface area contributed by atoms with Gasteiger partial charge in [-0.15, -0.1) is 0 Å². The molecule has 2 heteroatoms. The van der Waals surface area contributed by atoms with Crippen LogP contribution >= 0.6 is 0 Å². The molecular weight excluding hydrogens is 432 g/mol. The zero-order valence-corrected chi connectivity index (χ0v) is 22.1. The van der Waals surface area contributed by atoms with Gasteiger partial charge in [-0.05, 0) is 0 Å². The molecule has 4 rings (SSSR count). The van der Waals surface area contributed by atoms with E-state index in [0.29, 0.717) is 0 Å². The molecule has 144 valence electrons. The standard InChI is InChI=1S/2C12H13.C2H6Si.Zr/c2*1-8-6-11-9(2)4-5-10(3)12(11)7-8;1-3-2;/h2*4-7H,1-3H3;1-2H3;. The molecule has 0 amide bonds. The third-order valence-electron chi connectivity index (χ3n) is 6.88. The summed E-state index contributed by atoms with van der Waals surface area (Å²) in [6.07, 6.45) is 5.07. The first kappa shape index (κ1) is 20.3. The van der Waals surface area contributed by atoms with Gasteiger partial charge in [-0.3, -0.25) is 0 Å². The molecule has 2 unspecified atom stereocenters. The van der Waals surface area contributed by atoms with Gasteiger partial charge in [-0.25, -0.2) is 0 Å². The predicted molar refractivity (Wildman–Crippen MR) is 122 cm³/mol. The van der Waals surface area contributed by atoms with Crippen LogP contribution in [0.3, 0.4) is 0 Å². The van der Waals surface area contributed by atoms with E-state index < -0.39 is 20.4 Å². The van der Waals surface area contributed by atoms with E-state index in [1.807, 2.05) is 0 Å². The fraction of sp³-hybridized carbons (Fsp3) is 0.385. The van der Waals surface area contributed by atoms with Crippen LogP contribution in [0.2, 0.25) is 13.1 Å². The van der Waals surface area contributed by atoms with E-state index in [0.717, 1.165) is 7.25 Å². The van der Waals surface area contributed by atoms with Crippen molar-refractivity contribution in [2.24, 2.45) is 0 Å². The zero-order chi connectivity index (χ0) is 20.3. The molecule has 2 aromatic rings. The van der Waals surface area contributed by atoms with Crippen LogP contribution in [-0.4, -0.2) is 5.43 Å². The van der Waals surface area contributed by atoms with E-state index in [1.165, 1.54) is 22.3 Å². The normalized spacial score (nSPS) is 19.9. The van der Waals surface area contributed by atoms with Gasteiger partial charge in [0.05, 0.1) is 0 Å². The summed E-state index contributed by atoms with van der Waals surface area (Å²) in [5.74, 6) is 0. The van der Waals surface area contributed by atoms with Crippen molar-refractivity contribution < 1.29 is 20.4 Å². The molecule has 0 saturated heterocycles. The molecule has 0 bridgehead atoms. The average Bonchev–Trinajstić information content (AvgIpc) is 3.15. The molecule has 0 saturated carbocycles. The molecule has 2 aromatic carbocycles. The molecule has 0 heterocycles. The molecule has 0 nitrogen and oxygen atoms in total. The topological polar surface area (TPSA) is 0 Å². The summed E-state index contributed by atoms with van der Waals surface area (Å²) < 4.78 is 1.50. The molecule has 0 aromatic heterocycles. The average molecular weight is 464 g/mol. The molecule has 0 aliphatic heterocycles. The molecular formula is C26H32SiZr. The quantitative estimate of drug-likeness (QED) is 0.407. The van der Waals surface area contributed by atoms with Gasteiger partial charge in [0.25, 0.3) is 0 Å². The van der Waals surface area contributed by atoms with Crippen molar-refractivity contribution in [2.75, 3.05) is 0 Å². The summed E-state index contributed by atoms with van der Waals surface area (Å²) in [6, 6.07) is 9.37. The van der Waals surface area contributed by atoms with Crippen LogP contribution in [0.15, 0.2) is 35.4 Å². The number of fused-ring (bicyclic) bond motifs is 2. The van der Waals surface area contributed by atoms with Crippen molar-refractivity contribution in [1.29, 1.82) is 0 Å². The van der Waals surface area contributed by atoms with Crippen LogP contribution in [0, 0.1) is 27.7 Å². The van der Waals surface area contributed by atoms with Crippen LogP contribution < -0.4 is 0 Å². The van der Waals surface area contributed by atoms with E-state index in [4.69, 9.17) is 0 Å². The molecule has 0 radical (unpaired) electrons. The van der Waals surface area contributed by atoms with Crippen LogP contribution in [-0.2, 0) is 20.4 Å². The summed E-state index contributed by atoms with van der Waals surface area (Å²) in [5.41, 5.74) is 15.4. The second kappa shape index (κ2) is 7.37. The van der Waals surface area contributed by atoms with Crippen LogP contribution in [0.5, 0.6) is 0 Å². The Morgan fingerprint density at radius 3 is 1.32 bits per heavy atom. The van der Waals surface area contributed by atoms with Crippen molar-refractivity contribution in [3.8, 4) is 0 Å². The van der Waals surface area contributed by atoms with Crippen molar-refractivity contribution in [1.82, 2.24) is 0 Å². The maximum atomic E-state index is 2.62. The van der Waals surface area contributed by atoms with Crippen molar-refractivity contribution in [3.05, 3.63) is 79.9 Å². The van der Waals surface area contributed by atoms with E-state index in [-0.39, 0.29) is 5.43 Å². The number of benzene rings is 2. The summed E-state index contributed by atoms with van der Waals surface area (Å²) in [6.45, 7) is 19.4. The van der Waals surface area contributed by atoms with Gasteiger partial charge >= 0.3 is 180 Å². The third-order valence-corrected chi connectivity index (χ3v) is 26.7. The monoisotopic (exact) mass is 462 g/mol. The Labute approximate surface area is 179 Å². The molecule has 0 fully saturated rings. The van der Waals surface area contributed by atoms with E-state index in [2.05, 4.69) is 91.1 Å². The number of aryl methyl sites for hydroxylation is 4. The van der Waals surface area contributed by atoms with Gasteiger partial charge in [0.15, 0.2) is 0 Å². The Hall–Kier alpha value is -0.980. The number of hydrogen-bond acceptors (Lipinski definition) is 0. The molecule has 2 aliphatic carbocycles. The van der Waals surface area contributed by atoms with Gasteiger partial charge < -0.3 is 0 Å². The van der Waals surface area contributed by atoms with E-state index >= 15 is 0 Å². The Bertz CT molecular complexity index is 1010. The number of allylic oxidation sites excluding steroid dienone is 2. The summed E-state index contributed by atoms with van der Waals surface area (Å²) in [4.78, 5) is 0. The molecule has 0 N–H and O–H groups in total. The summed E-state index contributed by atoms with van der Waals surface area (Å²) in [5, 5.41) is 0. The summed E-state index contributed by atoms with van der Waals surface area (Å²) in [7, 11) is 0. The summed E-state index contributed by atoms with van der Waals surface area (Å²) >= 11 is -1.89. The zero-order valence-electron chi connectivity index (χ0n) is 18.6. The number of rotatable bonds is 2. The fourth-order valence-electron chi connectivity index (χ4n) is 5.48. The van der Waals surface area contributed by atoms with Crippen LogP contribution in [0.4, 0.5) is 0 Å². The number of hydrogen-bond donors (Lipinski definition) is 0. The van der Waals surface area contributed by atoms with Crippen molar-refractivity contribution in [2.45, 2.75) is 61.9 Å². The van der Waals surface area contributed by atoms with Crippen molar-refractivity contribution in [3.63, 3.8) is 0 Å². The van der Waals surface area contributed by atoms with Crippen molar-refractivity contribution >= 4 is 17.6 Å². The Morgan fingerprint density at radius 1 is 0.607 bits per heavy atom. The second-order valence-electron chi connectivity index (χ2n) is 9.15. The van der Waals surface area contributed by atoms with Gasteiger partial charge in [-0.1, -0.05) is 0 Å². The second-order valence-corrected chi connectivity index (χ2v) is 27.0. The molecule has 28 heavy (non-hydrogen) atoms. The molecule has 0 spiro atoms. The molecule has 2 aliphatic rings. The first-order chi connectivity index (χ1) is 13.2. The minimum atomic E-state index is -1.89. The van der Waals surface area contributed by atoms with Crippen LogP contribution in [0.25, 0.3) is 12.2 Å². The Kier molecular flexibility index (Phi) is 5.34. The minimum absolute atomic E-state index is 0.331. The third kappa shape index (κ3) is 3.03. The fourth-order valence-corrected chi connectivity index (χ4v) is 26.6. The maximum absolute atomic E-state index is 2.62. The Balaban J connectivity index is 1.97. The van der Waals surface area contributed by atoms with Gasteiger partial charge in [-0.2, -0.15) is 0 Å². The van der Waals surface area contributed by atoms with Gasteiger partial charge in [0.2, 0.25) is 0 Å². The molecule has 2 atom stereocenters. The Morgan fingerprint density at radius 2 is 0.964 bits per heavy atom. The SMILES string of the molecule is CC1=Cc2c(C)ccc(C)c2[CH]1[Zr]([CH]1C(C)=Cc2c(C)ccc(C)c21)=[Si](C)C.